The van der Waals surface area contributed by atoms with Gasteiger partial charge in [-0.25, -0.2) is 9.50 Å². The summed E-state index contributed by atoms with van der Waals surface area (Å²) in [5.74, 6) is 0. The fraction of sp³-hybridized carbons (Fsp3) is 0.167. The van der Waals surface area contributed by atoms with Gasteiger partial charge in [-0.3, -0.25) is 0 Å². The molecule has 0 fully saturated rings. The van der Waals surface area contributed by atoms with Gasteiger partial charge in [-0.15, -0.1) is 0 Å². The molecule has 2 heterocycles. The van der Waals surface area contributed by atoms with Gasteiger partial charge in [0.05, 0.1) is 0 Å². The highest BCUT2D eigenvalue weighted by Gasteiger charge is 2.06. The van der Waals surface area contributed by atoms with Crippen LogP contribution >= 0.6 is 0 Å². The zero-order valence-corrected chi connectivity index (χ0v) is 5.89. The minimum Gasteiger partial charge on any atom is -0.316 e. The summed E-state index contributed by atoms with van der Waals surface area (Å²) in [6.07, 6.45) is 3.16. The lowest BCUT2D eigenvalue weighted by atomic mass is 10.5. The molecule has 2 aromatic rings. The Labute approximate surface area is 62.5 Å². The standard InChI is InChI=1S/C6H5N5/c1-10-4-9-11-3-8-5(2-7)6(10)11/h3-4H,1H3. The van der Waals surface area contributed by atoms with Crippen LogP contribution in [-0.4, -0.2) is 19.2 Å². The van der Waals surface area contributed by atoms with Gasteiger partial charge in [-0.2, -0.15) is 10.4 Å². The normalized spacial score (nSPS) is 10.2. The molecule has 0 atom stereocenters. The van der Waals surface area contributed by atoms with Gasteiger partial charge in [0.15, 0.2) is 11.3 Å². The molecule has 0 saturated heterocycles. The van der Waals surface area contributed by atoms with Crippen molar-refractivity contribution in [2.75, 3.05) is 0 Å². The van der Waals surface area contributed by atoms with Crippen molar-refractivity contribution in [1.29, 1.82) is 5.26 Å². The van der Waals surface area contributed by atoms with Gasteiger partial charge in [-0.05, 0) is 0 Å². The minimum absolute atomic E-state index is 0.407. The first kappa shape index (κ1) is 5.92. The molecular weight excluding hydrogens is 142 g/mol. The Morgan fingerprint density at radius 3 is 3.09 bits per heavy atom. The quantitative estimate of drug-likeness (QED) is 0.524. The lowest BCUT2D eigenvalue weighted by Gasteiger charge is -1.86. The predicted octanol–water partition coefficient (Wildman–Crippen LogP) is -0.0605. The van der Waals surface area contributed by atoms with Crippen LogP contribution in [0.2, 0.25) is 0 Å². The highest BCUT2D eigenvalue weighted by atomic mass is 15.3. The van der Waals surface area contributed by atoms with Crippen LogP contribution in [-0.2, 0) is 7.05 Å². The van der Waals surface area contributed by atoms with Crippen molar-refractivity contribution in [3.05, 3.63) is 18.3 Å². The van der Waals surface area contributed by atoms with Gasteiger partial charge in [0, 0.05) is 7.05 Å². The molecule has 0 unspecified atom stereocenters. The van der Waals surface area contributed by atoms with Gasteiger partial charge in [0.25, 0.3) is 0 Å². The van der Waals surface area contributed by atoms with E-state index in [9.17, 15) is 0 Å². The van der Waals surface area contributed by atoms with E-state index in [0.29, 0.717) is 5.69 Å². The molecule has 54 valence electrons. The molecular formula is C6H5N5. The molecule has 0 N–H and O–H groups in total. The first-order chi connectivity index (χ1) is 5.33. The number of aryl methyl sites for hydroxylation is 1. The molecule has 2 rings (SSSR count). The molecule has 0 bridgehead atoms. The molecule has 0 aliphatic heterocycles. The molecule has 0 aliphatic carbocycles. The Morgan fingerprint density at radius 2 is 2.36 bits per heavy atom. The minimum atomic E-state index is 0.407. The van der Waals surface area contributed by atoms with Crippen LogP contribution in [0.15, 0.2) is 12.7 Å². The molecule has 0 radical (unpaired) electrons. The van der Waals surface area contributed by atoms with E-state index in [0.717, 1.165) is 5.65 Å². The van der Waals surface area contributed by atoms with Crippen LogP contribution in [0.3, 0.4) is 0 Å². The summed E-state index contributed by atoms with van der Waals surface area (Å²) in [4.78, 5) is 3.85. The Bertz CT molecular complexity index is 429. The van der Waals surface area contributed by atoms with Crippen molar-refractivity contribution in [2.45, 2.75) is 0 Å². The molecule has 0 aromatic carbocycles. The molecule has 0 spiro atoms. The summed E-state index contributed by atoms with van der Waals surface area (Å²) in [6, 6.07) is 1.98. The van der Waals surface area contributed by atoms with Crippen LogP contribution in [0.25, 0.3) is 5.65 Å². The SMILES string of the molecule is Cn1cnn2cnc(C#N)c12. The summed E-state index contributed by atoms with van der Waals surface area (Å²) in [7, 11) is 1.82. The Kier molecular flexibility index (Phi) is 0.982. The summed E-state index contributed by atoms with van der Waals surface area (Å²) in [5.41, 5.74) is 1.14. The van der Waals surface area contributed by atoms with Crippen molar-refractivity contribution in [3.8, 4) is 6.07 Å². The average molecular weight is 147 g/mol. The van der Waals surface area contributed by atoms with E-state index >= 15 is 0 Å². The number of hydrogen-bond acceptors (Lipinski definition) is 3. The van der Waals surface area contributed by atoms with E-state index in [2.05, 4.69) is 10.1 Å². The molecule has 2 aromatic heterocycles. The lowest BCUT2D eigenvalue weighted by Crippen LogP contribution is -1.87. The second-order valence-electron chi connectivity index (χ2n) is 2.22. The second-order valence-corrected chi connectivity index (χ2v) is 2.22. The molecule has 5 nitrogen and oxygen atoms in total. The molecule has 0 aliphatic rings. The number of nitrogens with zero attached hydrogens (tertiary/aromatic N) is 5. The van der Waals surface area contributed by atoms with Crippen molar-refractivity contribution < 1.29 is 0 Å². The highest BCUT2D eigenvalue weighted by Crippen LogP contribution is 2.04. The van der Waals surface area contributed by atoms with Gasteiger partial charge in [0.1, 0.15) is 18.7 Å². The van der Waals surface area contributed by atoms with E-state index in [1.807, 2.05) is 13.1 Å². The third-order valence-electron chi connectivity index (χ3n) is 1.51. The van der Waals surface area contributed by atoms with E-state index in [1.165, 1.54) is 6.33 Å². The smallest absolute Gasteiger partial charge is 0.185 e. The fourth-order valence-electron chi connectivity index (χ4n) is 1.01. The second kappa shape index (κ2) is 1.83. The van der Waals surface area contributed by atoms with Gasteiger partial charge in [0.2, 0.25) is 0 Å². The zero-order valence-electron chi connectivity index (χ0n) is 5.89. The zero-order chi connectivity index (χ0) is 7.84. The van der Waals surface area contributed by atoms with Crippen molar-refractivity contribution in [1.82, 2.24) is 19.2 Å². The predicted molar refractivity (Wildman–Crippen MR) is 36.7 cm³/mol. The monoisotopic (exact) mass is 147 g/mol. The number of hydrogen-bond donors (Lipinski definition) is 0. The first-order valence-corrected chi connectivity index (χ1v) is 3.07. The first-order valence-electron chi connectivity index (χ1n) is 3.07. The molecule has 0 amide bonds. The highest BCUT2D eigenvalue weighted by molar-refractivity contribution is 5.50. The van der Waals surface area contributed by atoms with Crippen LogP contribution in [0.4, 0.5) is 0 Å². The van der Waals surface area contributed by atoms with Gasteiger partial charge >= 0.3 is 0 Å². The Hall–Kier alpha value is -1.83. The van der Waals surface area contributed by atoms with Crippen molar-refractivity contribution >= 4 is 5.65 Å². The van der Waals surface area contributed by atoms with E-state index in [1.54, 1.807) is 15.4 Å². The maximum Gasteiger partial charge on any atom is 0.185 e. The number of imidazole rings is 1. The van der Waals surface area contributed by atoms with Gasteiger partial charge in [-0.1, -0.05) is 0 Å². The molecule has 0 saturated carbocycles. The lowest BCUT2D eigenvalue weighted by molar-refractivity contribution is 0.931. The summed E-state index contributed by atoms with van der Waals surface area (Å²) < 4.78 is 3.32. The van der Waals surface area contributed by atoms with Crippen LogP contribution in [0.5, 0.6) is 0 Å². The van der Waals surface area contributed by atoms with Crippen molar-refractivity contribution in [2.24, 2.45) is 7.05 Å². The summed E-state index contributed by atoms with van der Waals surface area (Å²) >= 11 is 0. The number of nitriles is 1. The van der Waals surface area contributed by atoms with E-state index in [4.69, 9.17) is 5.26 Å². The molecule has 11 heavy (non-hydrogen) atoms. The number of rotatable bonds is 0. The maximum atomic E-state index is 8.60. The number of aromatic nitrogens is 4. The maximum absolute atomic E-state index is 8.60. The average Bonchev–Trinajstić information content (AvgIpc) is 2.54. The Balaban J connectivity index is 2.94. The van der Waals surface area contributed by atoms with Crippen LogP contribution < -0.4 is 0 Å². The fourth-order valence-corrected chi connectivity index (χ4v) is 1.01. The van der Waals surface area contributed by atoms with E-state index < -0.39 is 0 Å². The van der Waals surface area contributed by atoms with E-state index in [-0.39, 0.29) is 0 Å². The van der Waals surface area contributed by atoms with Crippen LogP contribution in [0, 0.1) is 11.3 Å². The third-order valence-corrected chi connectivity index (χ3v) is 1.51. The molecule has 5 heteroatoms. The van der Waals surface area contributed by atoms with Gasteiger partial charge < -0.3 is 4.57 Å². The largest absolute Gasteiger partial charge is 0.316 e. The number of fused-ring (bicyclic) bond motifs is 1. The Morgan fingerprint density at radius 1 is 1.55 bits per heavy atom. The third kappa shape index (κ3) is 0.633. The van der Waals surface area contributed by atoms with Crippen molar-refractivity contribution in [3.63, 3.8) is 0 Å². The summed E-state index contributed by atoms with van der Waals surface area (Å²) in [6.45, 7) is 0. The topological polar surface area (TPSA) is 58.9 Å². The van der Waals surface area contributed by atoms with Crippen LogP contribution in [0.1, 0.15) is 5.69 Å². The summed E-state index contributed by atoms with van der Waals surface area (Å²) in [5, 5.41) is 12.6.